The van der Waals surface area contributed by atoms with Crippen LogP contribution in [0.15, 0.2) is 22.5 Å². The summed E-state index contributed by atoms with van der Waals surface area (Å²) >= 11 is 1.84. The second-order valence-electron chi connectivity index (χ2n) is 8.17. The van der Waals surface area contributed by atoms with E-state index in [1.54, 1.807) is 0 Å². The third-order valence-electron chi connectivity index (χ3n) is 4.46. The van der Waals surface area contributed by atoms with Gasteiger partial charge in [-0.3, -0.25) is 9.69 Å². The van der Waals surface area contributed by atoms with Crippen molar-refractivity contribution in [3.8, 4) is 0 Å². The molecule has 0 aromatic carbocycles. The molecule has 0 spiro atoms. The number of rotatable bonds is 7. The van der Waals surface area contributed by atoms with Crippen molar-refractivity contribution in [2.75, 3.05) is 32.7 Å². The molecule has 0 aliphatic carbocycles. The van der Waals surface area contributed by atoms with E-state index in [1.807, 2.05) is 39.0 Å². The summed E-state index contributed by atoms with van der Waals surface area (Å²) in [4.78, 5) is 20.4. The highest BCUT2D eigenvalue weighted by Gasteiger charge is 2.20. The van der Waals surface area contributed by atoms with Crippen molar-refractivity contribution >= 4 is 47.2 Å². The first kappa shape index (κ1) is 25.2. The topological polar surface area (TPSA) is 68.8 Å². The Labute approximate surface area is 191 Å². The standard InChI is InChI=1S/C20H35N5OS.HI/c1-5-21-19(23-14-18(26)24-20(2,3)4)22-13-16-8-10-25(11-9-16)15-17-7-6-12-27-17;/h6-7,12,16H,5,8-11,13-15H2,1-4H3,(H,24,26)(H2,21,22,23);1H. The molecule has 0 atom stereocenters. The lowest BCUT2D eigenvalue weighted by atomic mass is 9.97. The smallest absolute Gasteiger partial charge is 0.242 e. The fourth-order valence-electron chi connectivity index (χ4n) is 3.16. The van der Waals surface area contributed by atoms with Gasteiger partial charge in [0.25, 0.3) is 0 Å². The Kier molecular flexibility index (Phi) is 11.4. The highest BCUT2D eigenvalue weighted by atomic mass is 127. The lowest BCUT2D eigenvalue weighted by molar-refractivity contribution is -0.121. The molecule has 6 nitrogen and oxygen atoms in total. The predicted octanol–water partition coefficient (Wildman–Crippen LogP) is 3.05. The molecule has 8 heteroatoms. The lowest BCUT2D eigenvalue weighted by Gasteiger charge is -2.32. The van der Waals surface area contributed by atoms with Gasteiger partial charge in [0.2, 0.25) is 5.91 Å². The monoisotopic (exact) mass is 521 g/mol. The maximum absolute atomic E-state index is 12.0. The molecular formula is C20H36IN5OS. The first-order valence-corrected chi connectivity index (χ1v) is 10.8. The lowest BCUT2D eigenvalue weighted by Crippen LogP contribution is -2.44. The van der Waals surface area contributed by atoms with Crippen molar-refractivity contribution in [2.45, 2.75) is 52.6 Å². The Morgan fingerprint density at radius 1 is 1.29 bits per heavy atom. The van der Waals surface area contributed by atoms with Gasteiger partial charge in [-0.2, -0.15) is 0 Å². The molecule has 1 saturated heterocycles. The van der Waals surface area contributed by atoms with Gasteiger partial charge >= 0.3 is 0 Å². The molecule has 28 heavy (non-hydrogen) atoms. The van der Waals surface area contributed by atoms with E-state index in [0.29, 0.717) is 5.92 Å². The molecular weight excluding hydrogens is 485 g/mol. The fourth-order valence-corrected chi connectivity index (χ4v) is 3.91. The number of amides is 1. The zero-order valence-electron chi connectivity index (χ0n) is 17.6. The first-order chi connectivity index (χ1) is 12.9. The molecule has 1 aromatic heterocycles. The van der Waals surface area contributed by atoms with Crippen LogP contribution in [0, 0.1) is 5.92 Å². The van der Waals surface area contributed by atoms with Crippen LogP contribution in [0.1, 0.15) is 45.4 Å². The highest BCUT2D eigenvalue weighted by molar-refractivity contribution is 14.0. The van der Waals surface area contributed by atoms with Crippen LogP contribution in [-0.2, 0) is 11.3 Å². The molecule has 3 N–H and O–H groups in total. The Bertz CT molecular complexity index is 592. The number of carbonyl (C=O) groups excluding carboxylic acids is 1. The molecule has 1 aromatic rings. The summed E-state index contributed by atoms with van der Waals surface area (Å²) in [5, 5.41) is 11.7. The van der Waals surface area contributed by atoms with E-state index in [1.165, 1.54) is 17.7 Å². The molecule has 1 fully saturated rings. The summed E-state index contributed by atoms with van der Waals surface area (Å²) in [7, 11) is 0. The third-order valence-corrected chi connectivity index (χ3v) is 5.33. The van der Waals surface area contributed by atoms with Crippen LogP contribution in [-0.4, -0.2) is 55.0 Å². The van der Waals surface area contributed by atoms with E-state index in [4.69, 9.17) is 0 Å². The van der Waals surface area contributed by atoms with Gasteiger partial charge in [-0.15, -0.1) is 35.3 Å². The number of hydrogen-bond donors (Lipinski definition) is 3. The van der Waals surface area contributed by atoms with Gasteiger partial charge in [-0.05, 0) is 71.0 Å². The van der Waals surface area contributed by atoms with E-state index < -0.39 is 0 Å². The van der Waals surface area contributed by atoms with E-state index in [2.05, 4.69) is 43.4 Å². The minimum Gasteiger partial charge on any atom is -0.357 e. The number of nitrogens with zero attached hydrogens (tertiary/aromatic N) is 2. The Morgan fingerprint density at radius 3 is 2.57 bits per heavy atom. The van der Waals surface area contributed by atoms with Crippen molar-refractivity contribution in [3.05, 3.63) is 22.4 Å². The van der Waals surface area contributed by atoms with E-state index >= 15 is 0 Å². The number of aliphatic imine (C=N–C) groups is 1. The van der Waals surface area contributed by atoms with Crippen LogP contribution >= 0.6 is 35.3 Å². The predicted molar refractivity (Wildman–Crippen MR) is 130 cm³/mol. The largest absolute Gasteiger partial charge is 0.357 e. The summed E-state index contributed by atoms with van der Waals surface area (Å²) in [6.07, 6.45) is 2.39. The summed E-state index contributed by atoms with van der Waals surface area (Å²) in [6.45, 7) is 13.2. The maximum atomic E-state index is 12.0. The molecule has 2 heterocycles. The first-order valence-electron chi connectivity index (χ1n) is 9.93. The molecule has 0 radical (unpaired) electrons. The Balaban J connectivity index is 0.00000392. The van der Waals surface area contributed by atoms with Crippen molar-refractivity contribution in [3.63, 3.8) is 0 Å². The SMILES string of the molecule is CCNC(=NCC(=O)NC(C)(C)C)NCC1CCN(Cc2cccs2)CC1.I. The van der Waals surface area contributed by atoms with Gasteiger partial charge in [0.1, 0.15) is 6.54 Å². The van der Waals surface area contributed by atoms with Crippen molar-refractivity contribution in [1.82, 2.24) is 20.9 Å². The van der Waals surface area contributed by atoms with Crippen LogP contribution in [0.3, 0.4) is 0 Å². The highest BCUT2D eigenvalue weighted by Crippen LogP contribution is 2.20. The quantitative estimate of drug-likeness (QED) is 0.293. The number of piperidine rings is 1. The van der Waals surface area contributed by atoms with Gasteiger partial charge in [0.05, 0.1) is 0 Å². The van der Waals surface area contributed by atoms with Crippen LogP contribution < -0.4 is 16.0 Å². The number of halogens is 1. The average Bonchev–Trinajstić information content (AvgIpc) is 3.10. The van der Waals surface area contributed by atoms with Crippen molar-refractivity contribution in [1.29, 1.82) is 0 Å². The zero-order valence-corrected chi connectivity index (χ0v) is 20.7. The number of thiophene rings is 1. The molecule has 1 amide bonds. The zero-order chi connectivity index (χ0) is 19.7. The third kappa shape index (κ3) is 10.1. The Hall–Kier alpha value is -0.870. The van der Waals surface area contributed by atoms with Gasteiger partial charge < -0.3 is 16.0 Å². The normalized spacial score (nSPS) is 16.4. The molecule has 160 valence electrons. The molecule has 1 aliphatic rings. The second kappa shape index (κ2) is 12.6. The van der Waals surface area contributed by atoms with Crippen LogP contribution in [0.5, 0.6) is 0 Å². The van der Waals surface area contributed by atoms with Crippen LogP contribution in [0.25, 0.3) is 0 Å². The summed E-state index contributed by atoms with van der Waals surface area (Å²) in [5.41, 5.74) is -0.227. The van der Waals surface area contributed by atoms with E-state index in [-0.39, 0.29) is 42.0 Å². The number of guanidine groups is 1. The molecule has 1 aliphatic heterocycles. The number of carbonyl (C=O) groups is 1. The van der Waals surface area contributed by atoms with Crippen LogP contribution in [0.2, 0.25) is 0 Å². The number of likely N-dealkylation sites (tertiary alicyclic amines) is 1. The Morgan fingerprint density at radius 2 is 2.00 bits per heavy atom. The van der Waals surface area contributed by atoms with Gasteiger partial charge in [-0.1, -0.05) is 6.07 Å². The minimum atomic E-state index is -0.227. The van der Waals surface area contributed by atoms with E-state index in [0.717, 1.165) is 38.7 Å². The van der Waals surface area contributed by atoms with Gasteiger partial charge in [0, 0.05) is 30.1 Å². The van der Waals surface area contributed by atoms with Gasteiger partial charge in [-0.25, -0.2) is 4.99 Å². The second-order valence-corrected chi connectivity index (χ2v) is 9.21. The number of nitrogens with one attached hydrogen (secondary N) is 3. The van der Waals surface area contributed by atoms with E-state index in [9.17, 15) is 4.79 Å². The molecule has 2 rings (SSSR count). The minimum absolute atomic E-state index is 0. The van der Waals surface area contributed by atoms with Crippen LogP contribution in [0.4, 0.5) is 0 Å². The summed E-state index contributed by atoms with van der Waals surface area (Å²) in [6, 6.07) is 4.34. The molecule has 0 saturated carbocycles. The number of hydrogen-bond acceptors (Lipinski definition) is 4. The maximum Gasteiger partial charge on any atom is 0.242 e. The average molecular weight is 522 g/mol. The van der Waals surface area contributed by atoms with Gasteiger partial charge in [0.15, 0.2) is 5.96 Å². The van der Waals surface area contributed by atoms with Crippen molar-refractivity contribution < 1.29 is 4.79 Å². The fraction of sp³-hybridized carbons (Fsp3) is 0.700. The molecule has 0 bridgehead atoms. The summed E-state index contributed by atoms with van der Waals surface area (Å²) in [5.74, 6) is 1.32. The summed E-state index contributed by atoms with van der Waals surface area (Å²) < 4.78 is 0. The molecule has 0 unspecified atom stereocenters. The van der Waals surface area contributed by atoms with Crippen molar-refractivity contribution in [2.24, 2.45) is 10.9 Å².